The predicted octanol–water partition coefficient (Wildman–Crippen LogP) is 2.56. The van der Waals surface area contributed by atoms with E-state index in [9.17, 15) is 8.42 Å². The van der Waals surface area contributed by atoms with Gasteiger partial charge in [0.15, 0.2) is 5.03 Å². The molecule has 0 saturated carbocycles. The minimum absolute atomic E-state index is 0.0193. The molecule has 0 atom stereocenters. The summed E-state index contributed by atoms with van der Waals surface area (Å²) in [7, 11) is -3.76. The van der Waals surface area contributed by atoms with Crippen molar-refractivity contribution >= 4 is 33.0 Å². The Hall–Kier alpha value is -1.73. The van der Waals surface area contributed by atoms with E-state index in [-0.39, 0.29) is 5.03 Å². The van der Waals surface area contributed by atoms with Crippen LogP contribution in [0, 0.1) is 13.8 Å². The average Bonchev–Trinajstić information content (AvgIpc) is 2.78. The highest BCUT2D eigenvalue weighted by molar-refractivity contribution is 7.92. The number of nitrogens with two attached hydrogens (primary N) is 1. The van der Waals surface area contributed by atoms with Crippen LogP contribution in [0.15, 0.2) is 23.4 Å². The maximum Gasteiger partial charge on any atom is 0.280 e. The number of anilines is 2. The number of nitrogens with one attached hydrogen (secondary N) is 1. The summed E-state index contributed by atoms with van der Waals surface area (Å²) in [6.07, 6.45) is 1.51. The SMILES string of the molecule is CCn1cc(S(=O)(=O)Nc2cc(Cl)c(N)cc2C)nc1C. The lowest BCUT2D eigenvalue weighted by Crippen LogP contribution is -2.14. The van der Waals surface area contributed by atoms with E-state index in [1.54, 1.807) is 24.5 Å². The van der Waals surface area contributed by atoms with Crippen LogP contribution in [0.25, 0.3) is 0 Å². The molecule has 0 saturated heterocycles. The van der Waals surface area contributed by atoms with Crippen molar-refractivity contribution in [1.82, 2.24) is 9.55 Å². The third-order valence-electron chi connectivity index (χ3n) is 3.16. The molecule has 0 spiro atoms. The molecule has 0 aliphatic rings. The Labute approximate surface area is 129 Å². The molecule has 3 N–H and O–H groups in total. The molecule has 21 heavy (non-hydrogen) atoms. The van der Waals surface area contributed by atoms with Gasteiger partial charge in [-0.05, 0) is 38.5 Å². The van der Waals surface area contributed by atoms with Crippen molar-refractivity contribution in [3.63, 3.8) is 0 Å². The van der Waals surface area contributed by atoms with Crippen LogP contribution in [0.1, 0.15) is 18.3 Å². The average molecular weight is 329 g/mol. The number of benzene rings is 1. The number of sulfonamides is 1. The number of hydrogen-bond acceptors (Lipinski definition) is 4. The molecule has 2 rings (SSSR count). The second-order valence-corrected chi connectivity index (χ2v) is 6.74. The van der Waals surface area contributed by atoms with Crippen LogP contribution in [-0.2, 0) is 16.6 Å². The lowest BCUT2D eigenvalue weighted by molar-refractivity contribution is 0.598. The van der Waals surface area contributed by atoms with Crippen molar-refractivity contribution in [1.29, 1.82) is 0 Å². The van der Waals surface area contributed by atoms with E-state index in [1.807, 2.05) is 6.92 Å². The minimum Gasteiger partial charge on any atom is -0.398 e. The summed E-state index contributed by atoms with van der Waals surface area (Å²) in [4.78, 5) is 4.07. The zero-order chi connectivity index (χ0) is 15.8. The molecule has 2 aromatic rings. The topological polar surface area (TPSA) is 90.0 Å². The molecule has 0 bridgehead atoms. The second kappa shape index (κ2) is 5.57. The normalized spacial score (nSPS) is 11.6. The highest BCUT2D eigenvalue weighted by Crippen LogP contribution is 2.28. The number of halogens is 1. The number of nitrogen functional groups attached to an aromatic ring is 1. The van der Waals surface area contributed by atoms with Gasteiger partial charge in [-0.2, -0.15) is 8.42 Å². The Bertz CT molecular complexity index is 784. The van der Waals surface area contributed by atoms with E-state index in [4.69, 9.17) is 17.3 Å². The number of hydrogen-bond donors (Lipinski definition) is 2. The molecular formula is C13H17ClN4O2S. The fourth-order valence-electron chi connectivity index (χ4n) is 1.94. The van der Waals surface area contributed by atoms with E-state index >= 15 is 0 Å². The summed E-state index contributed by atoms with van der Waals surface area (Å²) >= 11 is 5.93. The van der Waals surface area contributed by atoms with E-state index in [1.165, 1.54) is 12.3 Å². The van der Waals surface area contributed by atoms with Crippen LogP contribution >= 0.6 is 11.6 Å². The smallest absolute Gasteiger partial charge is 0.280 e. The Balaban J connectivity index is 2.39. The molecule has 8 heteroatoms. The molecule has 0 radical (unpaired) electrons. The molecule has 1 aromatic carbocycles. The highest BCUT2D eigenvalue weighted by atomic mass is 35.5. The van der Waals surface area contributed by atoms with Crippen molar-refractivity contribution in [3.8, 4) is 0 Å². The van der Waals surface area contributed by atoms with E-state index in [2.05, 4.69) is 9.71 Å². The van der Waals surface area contributed by atoms with Crippen molar-refractivity contribution in [2.45, 2.75) is 32.3 Å². The van der Waals surface area contributed by atoms with Crippen LogP contribution in [-0.4, -0.2) is 18.0 Å². The lowest BCUT2D eigenvalue weighted by Gasteiger charge is -2.10. The number of imidazole rings is 1. The third-order valence-corrected chi connectivity index (χ3v) is 4.72. The zero-order valence-electron chi connectivity index (χ0n) is 12.0. The Morgan fingerprint density at radius 1 is 1.38 bits per heavy atom. The van der Waals surface area contributed by atoms with Gasteiger partial charge in [0.25, 0.3) is 10.0 Å². The third kappa shape index (κ3) is 3.14. The summed E-state index contributed by atoms with van der Waals surface area (Å²) in [5.41, 5.74) is 7.16. The molecule has 0 amide bonds. The quantitative estimate of drug-likeness (QED) is 0.844. The van der Waals surface area contributed by atoms with Crippen LogP contribution in [0.5, 0.6) is 0 Å². The predicted molar refractivity (Wildman–Crippen MR) is 84.0 cm³/mol. The van der Waals surface area contributed by atoms with Gasteiger partial charge in [-0.1, -0.05) is 11.6 Å². The Morgan fingerprint density at radius 3 is 2.62 bits per heavy atom. The summed E-state index contributed by atoms with van der Waals surface area (Å²) in [5.74, 6) is 0.643. The molecule has 114 valence electrons. The van der Waals surface area contributed by atoms with Crippen LogP contribution in [0.2, 0.25) is 5.02 Å². The number of rotatable bonds is 4. The summed E-state index contributed by atoms with van der Waals surface area (Å²) in [6.45, 7) is 6.08. The first-order valence-corrected chi connectivity index (χ1v) is 8.23. The molecule has 0 aliphatic carbocycles. The van der Waals surface area contributed by atoms with Gasteiger partial charge in [-0.25, -0.2) is 4.98 Å². The van der Waals surface area contributed by atoms with Crippen LogP contribution < -0.4 is 10.5 Å². The maximum atomic E-state index is 12.4. The monoisotopic (exact) mass is 328 g/mol. The summed E-state index contributed by atoms with van der Waals surface area (Å²) < 4.78 is 29.0. The van der Waals surface area contributed by atoms with Crippen LogP contribution in [0.3, 0.4) is 0 Å². The van der Waals surface area contributed by atoms with Crippen molar-refractivity contribution < 1.29 is 8.42 Å². The van der Waals surface area contributed by atoms with E-state index < -0.39 is 10.0 Å². The zero-order valence-corrected chi connectivity index (χ0v) is 13.6. The molecule has 1 aromatic heterocycles. The van der Waals surface area contributed by atoms with Gasteiger partial charge in [0.05, 0.1) is 16.4 Å². The second-order valence-electron chi connectivity index (χ2n) is 4.71. The molecule has 0 unspecified atom stereocenters. The minimum atomic E-state index is -3.76. The van der Waals surface area contributed by atoms with E-state index in [0.717, 1.165) is 0 Å². The van der Waals surface area contributed by atoms with Gasteiger partial charge in [-0.3, -0.25) is 4.72 Å². The Morgan fingerprint density at radius 2 is 2.05 bits per heavy atom. The number of aromatic nitrogens is 2. The summed E-state index contributed by atoms with van der Waals surface area (Å²) in [6, 6.07) is 3.11. The van der Waals surface area contributed by atoms with Gasteiger partial charge < -0.3 is 10.3 Å². The van der Waals surface area contributed by atoms with Gasteiger partial charge in [-0.15, -0.1) is 0 Å². The molecular weight excluding hydrogens is 312 g/mol. The fraction of sp³-hybridized carbons (Fsp3) is 0.308. The number of nitrogens with zero attached hydrogens (tertiary/aromatic N) is 2. The van der Waals surface area contributed by atoms with Crippen LogP contribution in [0.4, 0.5) is 11.4 Å². The molecule has 6 nitrogen and oxygen atoms in total. The fourth-order valence-corrected chi connectivity index (χ4v) is 3.24. The van der Waals surface area contributed by atoms with E-state index in [0.29, 0.717) is 34.3 Å². The first kappa shape index (κ1) is 15.7. The van der Waals surface area contributed by atoms with Crippen molar-refractivity contribution in [2.24, 2.45) is 0 Å². The summed E-state index contributed by atoms with van der Waals surface area (Å²) in [5, 5.41) is 0.280. The van der Waals surface area contributed by atoms with Gasteiger partial charge in [0.1, 0.15) is 5.82 Å². The van der Waals surface area contributed by atoms with Gasteiger partial charge in [0.2, 0.25) is 0 Å². The van der Waals surface area contributed by atoms with Crippen molar-refractivity contribution in [2.75, 3.05) is 10.5 Å². The molecule has 1 heterocycles. The first-order chi connectivity index (χ1) is 9.74. The Kier molecular flexibility index (Phi) is 4.15. The molecule has 0 fully saturated rings. The van der Waals surface area contributed by atoms with Gasteiger partial charge in [0, 0.05) is 12.7 Å². The molecule has 0 aliphatic heterocycles. The van der Waals surface area contributed by atoms with Crippen molar-refractivity contribution in [3.05, 3.63) is 34.7 Å². The van der Waals surface area contributed by atoms with Gasteiger partial charge >= 0.3 is 0 Å². The lowest BCUT2D eigenvalue weighted by atomic mass is 10.2. The standard InChI is InChI=1S/C13H17ClN4O2S/c1-4-18-7-13(16-9(18)3)21(19,20)17-12-6-10(14)11(15)5-8(12)2/h5-7,17H,4,15H2,1-3H3. The highest BCUT2D eigenvalue weighted by Gasteiger charge is 2.20. The first-order valence-electron chi connectivity index (χ1n) is 6.36. The largest absolute Gasteiger partial charge is 0.398 e. The maximum absolute atomic E-state index is 12.4. The number of aryl methyl sites for hydroxylation is 3.